The monoisotopic (exact) mass is 424 g/mol. The molecule has 0 aromatic carbocycles. The lowest BCUT2D eigenvalue weighted by Gasteiger charge is -2.31. The van der Waals surface area contributed by atoms with Crippen molar-refractivity contribution in [3.63, 3.8) is 0 Å². The molecule has 0 unspecified atom stereocenters. The highest BCUT2D eigenvalue weighted by atomic mass is 16.5. The summed E-state index contributed by atoms with van der Waals surface area (Å²) in [4.78, 5) is 26.7. The van der Waals surface area contributed by atoms with Crippen molar-refractivity contribution in [3.05, 3.63) is 24.2 Å². The Morgan fingerprint density at radius 2 is 2.03 bits per heavy atom. The van der Waals surface area contributed by atoms with E-state index in [-0.39, 0.29) is 11.8 Å². The largest absolute Gasteiger partial charge is 0.382 e. The van der Waals surface area contributed by atoms with Crippen molar-refractivity contribution < 1.29 is 9.53 Å². The van der Waals surface area contributed by atoms with Gasteiger partial charge in [-0.3, -0.25) is 9.78 Å². The number of nitrogens with one attached hydrogen (secondary N) is 1. The van der Waals surface area contributed by atoms with Crippen molar-refractivity contribution in [1.82, 2.24) is 24.8 Å². The molecule has 3 aromatic heterocycles. The Labute approximate surface area is 182 Å². The van der Waals surface area contributed by atoms with Crippen LogP contribution < -0.4 is 11.1 Å². The van der Waals surface area contributed by atoms with Crippen molar-refractivity contribution in [2.45, 2.75) is 71.6 Å². The minimum atomic E-state index is -0.484. The van der Waals surface area contributed by atoms with Crippen LogP contribution in [0.25, 0.3) is 22.1 Å². The van der Waals surface area contributed by atoms with E-state index in [1.807, 2.05) is 32.9 Å². The van der Waals surface area contributed by atoms with Gasteiger partial charge in [0.15, 0.2) is 5.82 Å². The van der Waals surface area contributed by atoms with Gasteiger partial charge < -0.3 is 20.4 Å². The Hall–Kier alpha value is -2.74. The lowest BCUT2D eigenvalue weighted by Crippen LogP contribution is -2.49. The number of hydrogen-bond acceptors (Lipinski definition) is 6. The summed E-state index contributed by atoms with van der Waals surface area (Å²) in [7, 11) is 0. The van der Waals surface area contributed by atoms with Gasteiger partial charge in [0.25, 0.3) is 0 Å². The molecule has 1 fully saturated rings. The average molecular weight is 425 g/mol. The van der Waals surface area contributed by atoms with Gasteiger partial charge in [-0.05, 0) is 45.7 Å². The molecular formula is C23H32N6O2. The van der Waals surface area contributed by atoms with Crippen LogP contribution in [0.5, 0.6) is 0 Å². The number of pyridine rings is 2. The molecule has 0 radical (unpaired) electrons. The lowest BCUT2D eigenvalue weighted by molar-refractivity contribution is -0.127. The van der Waals surface area contributed by atoms with E-state index in [1.54, 1.807) is 6.20 Å². The molecule has 3 heterocycles. The number of amides is 1. The van der Waals surface area contributed by atoms with E-state index >= 15 is 0 Å². The van der Waals surface area contributed by atoms with Crippen molar-refractivity contribution in [3.8, 4) is 0 Å². The van der Waals surface area contributed by atoms with Crippen molar-refractivity contribution in [2.24, 2.45) is 5.92 Å². The van der Waals surface area contributed by atoms with E-state index in [9.17, 15) is 4.79 Å². The Kier molecular flexibility index (Phi) is 6.09. The molecule has 1 saturated carbocycles. The molecule has 166 valence electrons. The molecule has 4 rings (SSSR count). The second-order valence-electron chi connectivity index (χ2n) is 9.02. The third kappa shape index (κ3) is 4.49. The molecule has 1 aliphatic carbocycles. The molecule has 0 spiro atoms. The molecule has 1 aliphatic rings. The van der Waals surface area contributed by atoms with Gasteiger partial charge in [0, 0.05) is 25.3 Å². The minimum absolute atomic E-state index is 0.109. The number of fused-ring (bicyclic) bond motifs is 3. The fourth-order valence-electron chi connectivity index (χ4n) is 4.48. The van der Waals surface area contributed by atoms with Gasteiger partial charge in [0.05, 0.1) is 11.1 Å². The number of ether oxygens (including phenoxy) is 1. The number of carbonyl (C=O) groups excluding carboxylic acids is 1. The number of imidazole rings is 1. The predicted molar refractivity (Wildman–Crippen MR) is 121 cm³/mol. The van der Waals surface area contributed by atoms with Crippen LogP contribution in [0.4, 0.5) is 5.82 Å². The number of aromatic nitrogens is 4. The normalized spacial score (nSPS) is 15.6. The highest BCUT2D eigenvalue weighted by Gasteiger charge is 2.29. The van der Waals surface area contributed by atoms with E-state index in [1.165, 1.54) is 6.42 Å². The van der Waals surface area contributed by atoms with Gasteiger partial charge in [0.2, 0.25) is 5.91 Å². The van der Waals surface area contributed by atoms with Gasteiger partial charge in [-0.2, -0.15) is 0 Å². The number of nitrogens with zero attached hydrogens (tertiary/aromatic N) is 4. The van der Waals surface area contributed by atoms with Crippen LogP contribution in [0.15, 0.2) is 18.3 Å². The summed E-state index contributed by atoms with van der Waals surface area (Å²) in [6.45, 7) is 7.51. The highest BCUT2D eigenvalue weighted by Crippen LogP contribution is 2.29. The second-order valence-corrected chi connectivity index (χ2v) is 9.02. The zero-order chi connectivity index (χ0) is 22.0. The Morgan fingerprint density at radius 1 is 1.26 bits per heavy atom. The van der Waals surface area contributed by atoms with E-state index in [2.05, 4.69) is 19.9 Å². The first-order chi connectivity index (χ1) is 14.9. The number of hydrogen-bond donors (Lipinski definition) is 2. The number of rotatable bonds is 7. The van der Waals surface area contributed by atoms with Gasteiger partial charge >= 0.3 is 0 Å². The van der Waals surface area contributed by atoms with Gasteiger partial charge in [-0.1, -0.05) is 19.3 Å². The summed E-state index contributed by atoms with van der Waals surface area (Å²) in [5.74, 6) is 1.38. The maximum atomic E-state index is 12.9. The summed E-state index contributed by atoms with van der Waals surface area (Å²) in [5.41, 5.74) is 8.69. The summed E-state index contributed by atoms with van der Waals surface area (Å²) >= 11 is 0. The van der Waals surface area contributed by atoms with Crippen LogP contribution >= 0.6 is 0 Å². The number of anilines is 1. The van der Waals surface area contributed by atoms with E-state index in [0.29, 0.717) is 31.1 Å². The topological polar surface area (TPSA) is 108 Å². The molecule has 1 amide bonds. The van der Waals surface area contributed by atoms with Crippen LogP contribution in [0.1, 0.15) is 58.7 Å². The average Bonchev–Trinajstić information content (AvgIpc) is 3.11. The SMILES string of the molecule is CCOCc1nc2c(N)nc3cccnc3c2n1CC(C)(C)NC(=O)C1CCCCC1. The summed E-state index contributed by atoms with van der Waals surface area (Å²) in [6, 6.07) is 3.74. The Bertz CT molecular complexity index is 1080. The lowest BCUT2D eigenvalue weighted by atomic mass is 9.88. The van der Waals surface area contributed by atoms with Gasteiger partial charge in [-0.15, -0.1) is 0 Å². The molecule has 8 nitrogen and oxygen atoms in total. The third-order valence-corrected chi connectivity index (χ3v) is 5.97. The molecule has 0 aliphatic heterocycles. The van der Waals surface area contributed by atoms with Crippen LogP contribution in [0.3, 0.4) is 0 Å². The molecule has 8 heteroatoms. The highest BCUT2D eigenvalue weighted by molar-refractivity contribution is 6.04. The van der Waals surface area contributed by atoms with E-state index in [0.717, 1.165) is 48.1 Å². The fourth-order valence-corrected chi connectivity index (χ4v) is 4.48. The Balaban J connectivity index is 1.72. The summed E-state index contributed by atoms with van der Waals surface area (Å²) in [5, 5.41) is 3.28. The maximum Gasteiger partial charge on any atom is 0.223 e. The van der Waals surface area contributed by atoms with Crippen molar-refractivity contribution in [1.29, 1.82) is 0 Å². The summed E-state index contributed by atoms with van der Waals surface area (Å²) in [6.07, 6.45) is 7.19. The van der Waals surface area contributed by atoms with Crippen molar-refractivity contribution in [2.75, 3.05) is 12.3 Å². The first-order valence-electron chi connectivity index (χ1n) is 11.2. The molecule has 3 aromatic rings. The zero-order valence-corrected chi connectivity index (χ0v) is 18.6. The first-order valence-corrected chi connectivity index (χ1v) is 11.2. The van der Waals surface area contributed by atoms with Gasteiger partial charge in [-0.25, -0.2) is 9.97 Å². The summed E-state index contributed by atoms with van der Waals surface area (Å²) < 4.78 is 7.76. The smallest absolute Gasteiger partial charge is 0.223 e. The standard InChI is InChI=1S/C23H32N6O2/c1-4-31-13-17-27-19-20(18-16(26-21(19)24)11-8-12-25-18)29(17)14-23(2,3)28-22(30)15-9-6-5-7-10-15/h8,11-12,15H,4-7,9-10,13-14H2,1-3H3,(H2,24,26)(H,28,30). The second kappa shape index (κ2) is 8.78. The minimum Gasteiger partial charge on any atom is -0.382 e. The first kappa shape index (κ1) is 21.5. The van der Waals surface area contributed by atoms with Gasteiger partial charge in [0.1, 0.15) is 29.0 Å². The van der Waals surface area contributed by atoms with E-state index in [4.69, 9.17) is 15.5 Å². The molecular weight excluding hydrogens is 392 g/mol. The molecule has 31 heavy (non-hydrogen) atoms. The maximum absolute atomic E-state index is 12.9. The number of carbonyl (C=O) groups is 1. The van der Waals surface area contributed by atoms with Crippen LogP contribution in [0.2, 0.25) is 0 Å². The number of nitrogens with two attached hydrogens (primary N) is 1. The third-order valence-electron chi connectivity index (χ3n) is 5.97. The van der Waals surface area contributed by atoms with Crippen LogP contribution in [0, 0.1) is 5.92 Å². The Morgan fingerprint density at radius 3 is 2.77 bits per heavy atom. The number of nitrogen functional groups attached to an aromatic ring is 1. The quantitative estimate of drug-likeness (QED) is 0.600. The zero-order valence-electron chi connectivity index (χ0n) is 18.6. The molecule has 0 atom stereocenters. The predicted octanol–water partition coefficient (Wildman–Crippen LogP) is 3.57. The van der Waals surface area contributed by atoms with Crippen LogP contribution in [-0.4, -0.2) is 37.6 Å². The fraction of sp³-hybridized carbons (Fsp3) is 0.565. The molecule has 0 bridgehead atoms. The van der Waals surface area contributed by atoms with E-state index < -0.39 is 5.54 Å². The molecule has 3 N–H and O–H groups in total. The molecule has 0 saturated heterocycles. The van der Waals surface area contributed by atoms with Crippen molar-refractivity contribution >= 4 is 33.8 Å². The van der Waals surface area contributed by atoms with Crippen LogP contribution in [-0.2, 0) is 22.7 Å².